The number of halogens is 1. The van der Waals surface area contributed by atoms with Crippen molar-refractivity contribution in [1.82, 2.24) is 0 Å². The third kappa shape index (κ3) is 2.73. The van der Waals surface area contributed by atoms with Gasteiger partial charge in [0.25, 0.3) is 5.91 Å². The number of methoxy groups -OCH3 is 1. The number of thiophene rings is 1. The van der Waals surface area contributed by atoms with E-state index in [1.807, 2.05) is 30.5 Å². The molecule has 2 rings (SSSR count). The molecule has 2 aromatic rings. The van der Waals surface area contributed by atoms with E-state index in [-0.39, 0.29) is 5.91 Å². The molecule has 0 aliphatic rings. The summed E-state index contributed by atoms with van der Waals surface area (Å²) in [5.41, 5.74) is 2.41. The molecule has 0 atom stereocenters. The van der Waals surface area contributed by atoms with Gasteiger partial charge in [0.2, 0.25) is 0 Å². The van der Waals surface area contributed by atoms with Crippen LogP contribution in [0.5, 0.6) is 5.75 Å². The van der Waals surface area contributed by atoms with Gasteiger partial charge in [0.15, 0.2) is 0 Å². The molecule has 94 valence electrons. The molecule has 0 radical (unpaired) electrons. The molecule has 5 heteroatoms. The van der Waals surface area contributed by atoms with Crippen LogP contribution in [0.25, 0.3) is 0 Å². The van der Waals surface area contributed by atoms with Gasteiger partial charge in [-0.15, -0.1) is 11.3 Å². The normalized spacial score (nSPS) is 10.2. The third-order valence-electron chi connectivity index (χ3n) is 2.54. The van der Waals surface area contributed by atoms with Crippen molar-refractivity contribution in [2.75, 3.05) is 12.4 Å². The average Bonchev–Trinajstić information content (AvgIpc) is 2.78. The van der Waals surface area contributed by atoms with Crippen LogP contribution in [0.15, 0.2) is 33.4 Å². The zero-order chi connectivity index (χ0) is 13.1. The molecular formula is C13H12BrNO2S. The van der Waals surface area contributed by atoms with Crippen molar-refractivity contribution in [3.05, 3.63) is 44.6 Å². The molecule has 0 spiro atoms. The Kier molecular flexibility index (Phi) is 4.04. The highest BCUT2D eigenvalue weighted by Crippen LogP contribution is 2.26. The quantitative estimate of drug-likeness (QED) is 0.923. The van der Waals surface area contributed by atoms with E-state index in [1.165, 1.54) is 11.3 Å². The summed E-state index contributed by atoms with van der Waals surface area (Å²) in [7, 11) is 1.62. The van der Waals surface area contributed by atoms with Crippen LogP contribution in [-0.2, 0) is 0 Å². The summed E-state index contributed by atoms with van der Waals surface area (Å²) in [6.07, 6.45) is 0. The molecule has 1 heterocycles. The number of rotatable bonds is 3. The van der Waals surface area contributed by atoms with Gasteiger partial charge in [-0.1, -0.05) is 0 Å². The Bertz CT molecular complexity index is 580. The first-order valence-electron chi connectivity index (χ1n) is 5.31. The number of anilines is 1. The lowest BCUT2D eigenvalue weighted by Gasteiger charge is -2.09. The lowest BCUT2D eigenvalue weighted by molar-refractivity contribution is 0.102. The summed E-state index contributed by atoms with van der Waals surface area (Å²) >= 11 is 4.85. The van der Waals surface area contributed by atoms with Gasteiger partial charge < -0.3 is 10.1 Å². The van der Waals surface area contributed by atoms with E-state index in [2.05, 4.69) is 21.2 Å². The Morgan fingerprint density at radius 1 is 1.39 bits per heavy atom. The fourth-order valence-corrected chi connectivity index (χ4v) is 2.80. The number of carbonyl (C=O) groups excluding carboxylic acids is 1. The number of aryl methyl sites for hydroxylation is 1. The van der Waals surface area contributed by atoms with Crippen molar-refractivity contribution in [1.29, 1.82) is 0 Å². The number of hydrogen-bond donors (Lipinski definition) is 1. The summed E-state index contributed by atoms with van der Waals surface area (Å²) < 4.78 is 5.97. The monoisotopic (exact) mass is 325 g/mol. The van der Waals surface area contributed by atoms with E-state index in [0.717, 1.165) is 20.8 Å². The lowest BCUT2D eigenvalue weighted by atomic mass is 10.2. The van der Waals surface area contributed by atoms with Gasteiger partial charge in [-0.3, -0.25) is 4.79 Å². The smallest absolute Gasteiger partial charge is 0.257 e. The number of amides is 1. The maximum atomic E-state index is 12.0. The first-order chi connectivity index (χ1) is 8.61. The Morgan fingerprint density at radius 2 is 2.17 bits per heavy atom. The Labute approximate surface area is 118 Å². The molecule has 0 saturated carbocycles. The van der Waals surface area contributed by atoms with Crippen LogP contribution < -0.4 is 10.1 Å². The zero-order valence-corrected chi connectivity index (χ0v) is 12.4. The summed E-state index contributed by atoms with van der Waals surface area (Å²) in [6, 6.07) is 7.35. The number of hydrogen-bond acceptors (Lipinski definition) is 3. The number of nitrogens with one attached hydrogen (secondary N) is 1. The van der Waals surface area contributed by atoms with Crippen LogP contribution in [0.3, 0.4) is 0 Å². The summed E-state index contributed by atoms with van der Waals surface area (Å²) in [5.74, 6) is 0.665. The van der Waals surface area contributed by atoms with Crippen molar-refractivity contribution in [2.24, 2.45) is 0 Å². The minimum atomic E-state index is -0.114. The predicted octanol–water partition coefficient (Wildman–Crippen LogP) is 4.08. The number of carbonyl (C=O) groups is 1. The fourth-order valence-electron chi connectivity index (χ4n) is 1.55. The van der Waals surface area contributed by atoms with Crippen LogP contribution in [0, 0.1) is 6.92 Å². The second kappa shape index (κ2) is 5.54. The molecule has 0 fully saturated rings. The molecule has 0 saturated heterocycles. The van der Waals surface area contributed by atoms with Gasteiger partial charge in [-0.2, -0.15) is 0 Å². The van der Waals surface area contributed by atoms with Crippen molar-refractivity contribution in [2.45, 2.75) is 6.92 Å². The number of benzene rings is 1. The van der Waals surface area contributed by atoms with Crippen molar-refractivity contribution < 1.29 is 9.53 Å². The third-order valence-corrected chi connectivity index (χ3v) is 4.23. The molecule has 0 aliphatic heterocycles. The van der Waals surface area contributed by atoms with Gasteiger partial charge in [0.1, 0.15) is 5.75 Å². The van der Waals surface area contributed by atoms with E-state index in [4.69, 9.17) is 4.74 Å². The topological polar surface area (TPSA) is 38.3 Å². The fraction of sp³-hybridized carbons (Fsp3) is 0.154. The molecule has 0 aliphatic carbocycles. The molecule has 1 aromatic heterocycles. The highest BCUT2D eigenvalue weighted by atomic mass is 79.9. The second-order valence-electron chi connectivity index (χ2n) is 3.74. The van der Waals surface area contributed by atoms with Gasteiger partial charge in [0, 0.05) is 5.69 Å². The van der Waals surface area contributed by atoms with E-state index in [1.54, 1.807) is 13.2 Å². The van der Waals surface area contributed by atoms with Crippen LogP contribution >= 0.6 is 27.3 Å². The van der Waals surface area contributed by atoms with Gasteiger partial charge in [-0.25, -0.2) is 0 Å². The highest BCUT2D eigenvalue weighted by molar-refractivity contribution is 9.11. The molecule has 18 heavy (non-hydrogen) atoms. The van der Waals surface area contributed by atoms with Crippen molar-refractivity contribution >= 4 is 38.9 Å². The molecule has 1 N–H and O–H groups in total. The summed E-state index contributed by atoms with van der Waals surface area (Å²) in [5, 5.41) is 4.76. The molecule has 1 amide bonds. The number of ether oxygens (including phenoxy) is 1. The van der Waals surface area contributed by atoms with Gasteiger partial charge in [0.05, 0.1) is 16.5 Å². The minimum Gasteiger partial charge on any atom is -0.497 e. The molecule has 0 bridgehead atoms. The minimum absolute atomic E-state index is 0.114. The summed E-state index contributed by atoms with van der Waals surface area (Å²) in [4.78, 5) is 12.0. The molecular weight excluding hydrogens is 314 g/mol. The highest BCUT2D eigenvalue weighted by Gasteiger charge is 2.12. The van der Waals surface area contributed by atoms with E-state index >= 15 is 0 Å². The first-order valence-corrected chi connectivity index (χ1v) is 6.98. The second-order valence-corrected chi connectivity index (χ2v) is 5.98. The molecule has 0 unspecified atom stereocenters. The van der Waals surface area contributed by atoms with E-state index in [9.17, 15) is 4.79 Å². The van der Waals surface area contributed by atoms with E-state index in [0.29, 0.717) is 5.56 Å². The lowest BCUT2D eigenvalue weighted by Crippen LogP contribution is -2.12. The Hall–Kier alpha value is -1.33. The predicted molar refractivity (Wildman–Crippen MR) is 77.7 cm³/mol. The van der Waals surface area contributed by atoms with Crippen LogP contribution in [0.1, 0.15) is 15.9 Å². The van der Waals surface area contributed by atoms with Crippen LogP contribution in [-0.4, -0.2) is 13.0 Å². The van der Waals surface area contributed by atoms with Gasteiger partial charge in [-0.05, 0) is 58.1 Å². The zero-order valence-electron chi connectivity index (χ0n) is 9.99. The Balaban J connectivity index is 2.20. The Morgan fingerprint density at radius 3 is 2.72 bits per heavy atom. The molecule has 3 nitrogen and oxygen atoms in total. The largest absolute Gasteiger partial charge is 0.497 e. The van der Waals surface area contributed by atoms with Crippen LogP contribution in [0.4, 0.5) is 5.69 Å². The summed E-state index contributed by atoms with van der Waals surface area (Å²) in [6.45, 7) is 1.93. The first kappa shape index (κ1) is 13.1. The van der Waals surface area contributed by atoms with Crippen molar-refractivity contribution in [3.8, 4) is 5.75 Å². The maximum Gasteiger partial charge on any atom is 0.257 e. The average molecular weight is 326 g/mol. The maximum absolute atomic E-state index is 12.0. The van der Waals surface area contributed by atoms with Crippen LogP contribution in [0.2, 0.25) is 0 Å². The van der Waals surface area contributed by atoms with Crippen molar-refractivity contribution in [3.63, 3.8) is 0 Å². The van der Waals surface area contributed by atoms with E-state index < -0.39 is 0 Å². The van der Waals surface area contributed by atoms with Gasteiger partial charge >= 0.3 is 0 Å². The SMILES string of the molecule is COc1ccc(NC(=O)c2ccsc2Br)c(C)c1. The molecule has 1 aromatic carbocycles. The standard InChI is InChI=1S/C13H12BrNO2S/c1-8-7-9(17-2)3-4-11(8)15-13(16)10-5-6-18-12(10)14/h3-7H,1-2H3,(H,15,16).